The predicted octanol–water partition coefficient (Wildman–Crippen LogP) is -0.422. The molecule has 0 saturated carbocycles. The quantitative estimate of drug-likeness (QED) is 0.123. The molecule has 14 heteroatoms. The number of aliphatic carboxylic acids is 3. The zero-order valence-electron chi connectivity index (χ0n) is 20.9. The van der Waals surface area contributed by atoms with Gasteiger partial charge in [0, 0.05) is 19.3 Å². The Morgan fingerprint density at radius 3 is 1.79 bits per heavy atom. The van der Waals surface area contributed by atoms with Gasteiger partial charge >= 0.3 is 17.9 Å². The van der Waals surface area contributed by atoms with Crippen LogP contribution in [0.25, 0.3) is 0 Å². The molecule has 38 heavy (non-hydrogen) atoms. The van der Waals surface area contributed by atoms with Crippen molar-refractivity contribution in [3.63, 3.8) is 0 Å². The Labute approximate surface area is 223 Å². The lowest BCUT2D eigenvalue weighted by atomic mass is 10.0. The molecule has 0 unspecified atom stereocenters. The molecule has 0 radical (unpaired) electrons. The summed E-state index contributed by atoms with van der Waals surface area (Å²) in [7, 11) is 0. The van der Waals surface area contributed by atoms with Crippen molar-refractivity contribution in [2.75, 3.05) is 12.0 Å². The van der Waals surface area contributed by atoms with E-state index >= 15 is 0 Å². The molecule has 210 valence electrons. The zero-order valence-corrected chi connectivity index (χ0v) is 21.7. The van der Waals surface area contributed by atoms with Gasteiger partial charge in [-0.1, -0.05) is 30.3 Å². The van der Waals surface area contributed by atoms with Gasteiger partial charge in [0.1, 0.15) is 18.1 Å². The second-order valence-corrected chi connectivity index (χ2v) is 9.45. The second-order valence-electron chi connectivity index (χ2n) is 8.46. The number of rotatable bonds is 18. The molecule has 0 bridgehead atoms. The van der Waals surface area contributed by atoms with Crippen LogP contribution in [0.15, 0.2) is 30.3 Å². The molecule has 8 N–H and O–H groups in total. The maximum absolute atomic E-state index is 13.2. The van der Waals surface area contributed by atoms with E-state index < -0.39 is 79.1 Å². The summed E-state index contributed by atoms with van der Waals surface area (Å²) in [6.07, 6.45) is 0.398. The summed E-state index contributed by atoms with van der Waals surface area (Å²) in [4.78, 5) is 72.1. The highest BCUT2D eigenvalue weighted by molar-refractivity contribution is 7.98. The Morgan fingerprint density at radius 1 is 0.763 bits per heavy atom. The van der Waals surface area contributed by atoms with Crippen molar-refractivity contribution < 1.29 is 44.1 Å². The summed E-state index contributed by atoms with van der Waals surface area (Å²) < 4.78 is 0. The number of carboxylic acids is 3. The number of nitrogens with two attached hydrogens (primary N) is 1. The fourth-order valence-corrected chi connectivity index (χ4v) is 3.81. The van der Waals surface area contributed by atoms with Gasteiger partial charge in [-0.25, -0.2) is 4.79 Å². The third kappa shape index (κ3) is 12.5. The molecule has 3 amide bonds. The van der Waals surface area contributed by atoms with Crippen LogP contribution in [0.3, 0.4) is 0 Å². The average molecular weight is 555 g/mol. The van der Waals surface area contributed by atoms with Crippen molar-refractivity contribution in [3.05, 3.63) is 35.9 Å². The number of carbonyl (C=O) groups is 6. The molecule has 0 saturated heterocycles. The molecule has 0 fully saturated rings. The van der Waals surface area contributed by atoms with Crippen LogP contribution in [0.4, 0.5) is 0 Å². The number of carbonyl (C=O) groups excluding carboxylic acids is 3. The summed E-state index contributed by atoms with van der Waals surface area (Å²) in [5.74, 6) is -5.78. The van der Waals surface area contributed by atoms with Crippen LogP contribution < -0.4 is 21.7 Å². The van der Waals surface area contributed by atoms with Gasteiger partial charge in [-0.2, -0.15) is 11.8 Å². The first kappa shape index (κ1) is 32.4. The minimum Gasteiger partial charge on any atom is -0.481 e. The van der Waals surface area contributed by atoms with Crippen LogP contribution in [-0.4, -0.2) is 87.1 Å². The molecular formula is C24H34N4O9S. The van der Waals surface area contributed by atoms with Gasteiger partial charge in [-0.05, 0) is 36.8 Å². The van der Waals surface area contributed by atoms with E-state index in [0.29, 0.717) is 17.7 Å². The Morgan fingerprint density at radius 2 is 1.26 bits per heavy atom. The SMILES string of the molecule is CSCC[C@H](N)C(=O)N[C@@H](Cc1ccccc1)C(=O)N[C@@H](CCC(=O)O)C(=O)N[C@@H](CCC(=O)O)C(=O)O. The summed E-state index contributed by atoms with van der Waals surface area (Å²) in [5, 5.41) is 34.4. The first-order valence-electron chi connectivity index (χ1n) is 11.8. The lowest BCUT2D eigenvalue weighted by Crippen LogP contribution is -2.57. The normalized spacial score (nSPS) is 13.8. The largest absolute Gasteiger partial charge is 0.481 e. The highest BCUT2D eigenvalue weighted by atomic mass is 32.2. The van der Waals surface area contributed by atoms with E-state index in [0.717, 1.165) is 0 Å². The molecule has 0 heterocycles. The second kappa shape index (κ2) is 17.0. The molecular weight excluding hydrogens is 520 g/mol. The van der Waals surface area contributed by atoms with Crippen LogP contribution in [0, 0.1) is 0 Å². The monoisotopic (exact) mass is 554 g/mol. The zero-order chi connectivity index (χ0) is 28.7. The molecule has 0 aromatic heterocycles. The first-order valence-corrected chi connectivity index (χ1v) is 13.2. The van der Waals surface area contributed by atoms with E-state index in [1.165, 1.54) is 11.8 Å². The standard InChI is InChI=1S/C24H34N4O9S/c1-38-12-11-15(25)21(33)28-18(13-14-5-3-2-4-6-14)23(35)26-16(7-9-19(29)30)22(34)27-17(24(36)37)8-10-20(31)32/h2-6,15-18H,7-13,25H2,1H3,(H,26,35)(H,27,34)(H,28,33)(H,29,30)(H,31,32)(H,36,37)/t15-,16-,17-,18-/m0/s1. The number of carboxylic acid groups (broad SMARTS) is 3. The molecule has 0 aliphatic carbocycles. The minimum absolute atomic E-state index is 0.0390. The Kier molecular flexibility index (Phi) is 14.5. The van der Waals surface area contributed by atoms with E-state index in [4.69, 9.17) is 15.9 Å². The van der Waals surface area contributed by atoms with Crippen LogP contribution in [0.2, 0.25) is 0 Å². The number of hydrogen-bond acceptors (Lipinski definition) is 8. The molecule has 1 rings (SSSR count). The molecule has 0 aliphatic heterocycles. The van der Waals surface area contributed by atoms with Gasteiger partial charge < -0.3 is 37.0 Å². The van der Waals surface area contributed by atoms with Crippen molar-refractivity contribution >= 4 is 47.4 Å². The van der Waals surface area contributed by atoms with E-state index in [1.54, 1.807) is 30.3 Å². The van der Waals surface area contributed by atoms with Crippen LogP contribution in [0.5, 0.6) is 0 Å². The third-order valence-electron chi connectivity index (χ3n) is 5.43. The molecule has 0 spiro atoms. The van der Waals surface area contributed by atoms with Crippen molar-refractivity contribution in [1.82, 2.24) is 16.0 Å². The maximum Gasteiger partial charge on any atom is 0.326 e. The first-order chi connectivity index (χ1) is 17.9. The van der Waals surface area contributed by atoms with Crippen molar-refractivity contribution in [3.8, 4) is 0 Å². The summed E-state index contributed by atoms with van der Waals surface area (Å²) in [6, 6.07) is 3.61. The lowest BCUT2D eigenvalue weighted by molar-refractivity contribution is -0.144. The number of nitrogens with one attached hydrogen (secondary N) is 3. The fraction of sp³-hybridized carbons (Fsp3) is 0.500. The smallest absolute Gasteiger partial charge is 0.326 e. The topological polar surface area (TPSA) is 225 Å². The third-order valence-corrected chi connectivity index (χ3v) is 6.07. The predicted molar refractivity (Wildman–Crippen MR) is 138 cm³/mol. The molecule has 13 nitrogen and oxygen atoms in total. The van der Waals surface area contributed by atoms with E-state index in [1.807, 2.05) is 6.26 Å². The van der Waals surface area contributed by atoms with E-state index in [2.05, 4.69) is 16.0 Å². The molecule has 1 aromatic carbocycles. The molecule has 1 aromatic rings. The number of thioether (sulfide) groups is 1. The van der Waals surface area contributed by atoms with E-state index in [-0.39, 0.29) is 12.8 Å². The Hall–Kier alpha value is -3.65. The minimum atomic E-state index is -1.57. The van der Waals surface area contributed by atoms with Gasteiger partial charge in [-0.3, -0.25) is 24.0 Å². The van der Waals surface area contributed by atoms with Gasteiger partial charge in [0.25, 0.3) is 0 Å². The highest BCUT2D eigenvalue weighted by Crippen LogP contribution is 2.08. The summed E-state index contributed by atoms with van der Waals surface area (Å²) in [5.41, 5.74) is 6.62. The fourth-order valence-electron chi connectivity index (χ4n) is 3.32. The molecule has 4 atom stereocenters. The summed E-state index contributed by atoms with van der Waals surface area (Å²) >= 11 is 1.50. The van der Waals surface area contributed by atoms with Crippen molar-refractivity contribution in [2.45, 2.75) is 62.7 Å². The van der Waals surface area contributed by atoms with Crippen LogP contribution >= 0.6 is 11.8 Å². The van der Waals surface area contributed by atoms with Crippen LogP contribution in [-0.2, 0) is 35.2 Å². The van der Waals surface area contributed by atoms with Gasteiger partial charge in [0.15, 0.2) is 0 Å². The van der Waals surface area contributed by atoms with Gasteiger partial charge in [0.05, 0.1) is 6.04 Å². The van der Waals surface area contributed by atoms with Gasteiger partial charge in [-0.15, -0.1) is 0 Å². The van der Waals surface area contributed by atoms with E-state index in [9.17, 15) is 33.9 Å². The average Bonchev–Trinajstić information content (AvgIpc) is 2.86. The maximum atomic E-state index is 13.2. The van der Waals surface area contributed by atoms with Crippen molar-refractivity contribution in [1.29, 1.82) is 0 Å². The number of benzene rings is 1. The Balaban J connectivity index is 3.10. The highest BCUT2D eigenvalue weighted by Gasteiger charge is 2.31. The lowest BCUT2D eigenvalue weighted by Gasteiger charge is -2.25. The van der Waals surface area contributed by atoms with Crippen LogP contribution in [0.1, 0.15) is 37.7 Å². The molecule has 0 aliphatic rings. The summed E-state index contributed by atoms with van der Waals surface area (Å²) in [6.45, 7) is 0. The van der Waals surface area contributed by atoms with Crippen molar-refractivity contribution in [2.24, 2.45) is 5.73 Å². The number of hydrogen-bond donors (Lipinski definition) is 7. The number of amides is 3. The van der Waals surface area contributed by atoms with Gasteiger partial charge in [0.2, 0.25) is 17.7 Å². The Bertz CT molecular complexity index is 977.